The highest BCUT2D eigenvalue weighted by Gasteiger charge is 2.53. The molecule has 3 fully saturated rings. The molecular formula is C57H68N8O9. The van der Waals surface area contributed by atoms with Gasteiger partial charge in [0.15, 0.2) is 11.6 Å². The van der Waals surface area contributed by atoms with E-state index in [1.54, 1.807) is 24.0 Å². The summed E-state index contributed by atoms with van der Waals surface area (Å²) >= 11 is 0. The molecule has 5 heterocycles. The molecule has 390 valence electrons. The van der Waals surface area contributed by atoms with Gasteiger partial charge in [-0.25, -0.2) is 14.8 Å². The number of nitrogens with one attached hydrogen (secondary N) is 4. The number of hydrogen-bond acceptors (Lipinski definition) is 11. The molecule has 3 saturated heterocycles. The number of fused-ring (bicyclic) bond motifs is 2. The Morgan fingerprint density at radius 2 is 1.26 bits per heavy atom. The zero-order valence-electron chi connectivity index (χ0n) is 43.8. The molecule has 1 spiro atoms. The number of aryl methyl sites for hydroxylation is 2. The van der Waals surface area contributed by atoms with Crippen LogP contribution in [0.4, 0.5) is 4.79 Å². The van der Waals surface area contributed by atoms with Crippen molar-refractivity contribution in [2.24, 2.45) is 11.8 Å². The third-order valence-electron chi connectivity index (χ3n) is 15.7. The first kappa shape index (κ1) is 50.9. The van der Waals surface area contributed by atoms with Crippen molar-refractivity contribution in [2.75, 3.05) is 47.6 Å². The maximum atomic E-state index is 14.3. The number of carbonyl (C=O) groups is 4. The van der Waals surface area contributed by atoms with Gasteiger partial charge in [0.1, 0.15) is 23.7 Å². The smallest absolute Gasteiger partial charge is 0.407 e. The van der Waals surface area contributed by atoms with E-state index in [0.717, 1.165) is 52.5 Å². The number of rotatable bonds is 12. The molecule has 17 heteroatoms. The van der Waals surface area contributed by atoms with Crippen LogP contribution in [0.5, 0.6) is 0 Å². The molecule has 0 saturated carbocycles. The average molecular weight is 1010 g/mol. The van der Waals surface area contributed by atoms with Gasteiger partial charge in [0, 0.05) is 34.0 Å². The largest absolute Gasteiger partial charge is 0.453 e. The Labute approximate surface area is 431 Å². The number of nitrogens with zero attached hydrogens (tertiary/aromatic N) is 4. The van der Waals surface area contributed by atoms with Crippen molar-refractivity contribution in [2.45, 2.75) is 115 Å². The number of H-pyrrole nitrogens is 2. The van der Waals surface area contributed by atoms with E-state index >= 15 is 0 Å². The number of likely N-dealkylation sites (tertiary alicyclic amines) is 2. The van der Waals surface area contributed by atoms with E-state index in [2.05, 4.69) is 88.2 Å². The Bertz CT molecular complexity index is 3120. The van der Waals surface area contributed by atoms with Gasteiger partial charge in [0.25, 0.3) is 0 Å². The Morgan fingerprint density at radius 1 is 0.689 bits per heavy atom. The SMILES string of the molecule is COC(=O)NC(C(=O)N1CC(OC)(OC)CC1c1nc2ccc(-c3cc4ccc3CCc3ccc(c(-c5ccc6nc(C7CC8(CN7C(=O)C(NC(C)=O)C(C)C)OCCO8)[nH]c6c5)c3)CC4C)cc2[nH]1)C(C)C. The predicted octanol–water partition coefficient (Wildman–Crippen LogP) is 8.04. The lowest BCUT2D eigenvalue weighted by Crippen LogP contribution is -2.52. The van der Waals surface area contributed by atoms with Crippen LogP contribution in [0, 0.1) is 11.8 Å². The summed E-state index contributed by atoms with van der Waals surface area (Å²) in [5, 5.41) is 5.60. The van der Waals surface area contributed by atoms with E-state index in [0.29, 0.717) is 37.7 Å². The molecule has 74 heavy (non-hydrogen) atoms. The summed E-state index contributed by atoms with van der Waals surface area (Å²) in [5.74, 6) is -1.62. The molecule has 2 aromatic heterocycles. The second-order valence-corrected chi connectivity index (χ2v) is 21.3. The quantitative estimate of drug-likeness (QED) is 0.0865. The molecule has 4 aliphatic carbocycles. The monoisotopic (exact) mass is 1010 g/mol. The van der Waals surface area contributed by atoms with Gasteiger partial charge >= 0.3 is 6.09 Å². The minimum atomic E-state index is -1.06. The van der Waals surface area contributed by atoms with E-state index in [4.69, 9.17) is 33.7 Å². The van der Waals surface area contributed by atoms with Crippen molar-refractivity contribution in [3.05, 3.63) is 107 Å². The minimum Gasteiger partial charge on any atom is -0.453 e. The van der Waals surface area contributed by atoms with Gasteiger partial charge in [-0.05, 0) is 106 Å². The third-order valence-corrected chi connectivity index (χ3v) is 15.7. The highest BCUT2D eigenvalue weighted by atomic mass is 16.7. The number of carbonyl (C=O) groups excluding carboxylic acids is 4. The fourth-order valence-corrected chi connectivity index (χ4v) is 11.6. The van der Waals surface area contributed by atoms with E-state index < -0.39 is 41.8 Å². The number of amides is 4. The fraction of sp³-hybridized carbons (Fsp3) is 0.474. The van der Waals surface area contributed by atoms with Gasteiger partial charge in [0.2, 0.25) is 17.7 Å². The molecule has 0 radical (unpaired) electrons. The standard InChI is InChI=1S/C57H68N8O9/c1-31(2)49(58-34(6)66)53(67)65-30-57(73-20-21-74-57)28-48(65)52-60-43-18-16-39(25-45(43)62-52)41-23-35-10-12-36-14-15-37(33(5)22-38(41)13-11-35)24-42(36)40-17-19-44-46(26-40)61-51(59-44)47-27-56(71-8,72-9)29-64(47)54(68)50(32(3)4)63-55(69)70-7/h11,13-19,23-26,31-33,47-50H,10,12,20-22,27-30H2,1-9H3,(H,58,66)(H,59,61)(H,60,62)(H,63,69). The van der Waals surface area contributed by atoms with E-state index in [1.807, 2.05) is 39.8 Å². The van der Waals surface area contributed by atoms with Gasteiger partial charge < -0.3 is 54.1 Å². The zero-order valence-corrected chi connectivity index (χ0v) is 43.8. The summed E-state index contributed by atoms with van der Waals surface area (Å²) in [6.07, 6.45) is 2.53. The van der Waals surface area contributed by atoms with Crippen molar-refractivity contribution < 1.29 is 42.9 Å². The Hall–Kier alpha value is -6.66. The summed E-state index contributed by atoms with van der Waals surface area (Å²) < 4.78 is 28.9. The normalized spacial score (nSPS) is 20.9. The fourth-order valence-electron chi connectivity index (χ4n) is 11.6. The van der Waals surface area contributed by atoms with E-state index in [1.165, 1.54) is 47.4 Å². The average Bonchev–Trinajstić information content (AvgIpc) is 4.25. The molecule has 4 aromatic carbocycles. The van der Waals surface area contributed by atoms with E-state index in [-0.39, 0.29) is 48.6 Å². The van der Waals surface area contributed by atoms with Crippen LogP contribution in [0.15, 0.2) is 72.8 Å². The van der Waals surface area contributed by atoms with Gasteiger partial charge in [-0.2, -0.15) is 0 Å². The maximum absolute atomic E-state index is 14.3. The number of imidazole rings is 2. The van der Waals surface area contributed by atoms with Crippen LogP contribution < -0.4 is 10.6 Å². The summed E-state index contributed by atoms with van der Waals surface area (Å²) in [4.78, 5) is 73.7. The van der Waals surface area contributed by atoms with Crippen LogP contribution in [0.3, 0.4) is 0 Å². The molecule has 6 aromatic rings. The summed E-state index contributed by atoms with van der Waals surface area (Å²) in [6.45, 7) is 12.6. The molecule has 3 aliphatic heterocycles. The van der Waals surface area contributed by atoms with Gasteiger partial charge in [-0.1, -0.05) is 83.1 Å². The first-order valence-corrected chi connectivity index (χ1v) is 25.9. The molecule has 5 unspecified atom stereocenters. The lowest BCUT2D eigenvalue weighted by Gasteiger charge is -2.30. The van der Waals surface area contributed by atoms with Crippen molar-refractivity contribution in [1.82, 2.24) is 40.4 Å². The maximum Gasteiger partial charge on any atom is 0.407 e. The number of ether oxygens (including phenoxy) is 5. The molecule has 5 atom stereocenters. The summed E-state index contributed by atoms with van der Waals surface area (Å²) in [6, 6.07) is 23.9. The summed E-state index contributed by atoms with van der Waals surface area (Å²) in [5.41, 5.74) is 12.7. The highest BCUT2D eigenvalue weighted by Crippen LogP contribution is 2.44. The van der Waals surface area contributed by atoms with Crippen molar-refractivity contribution in [1.29, 1.82) is 0 Å². The number of aromatic amines is 2. The van der Waals surface area contributed by atoms with Crippen LogP contribution in [0.2, 0.25) is 0 Å². The van der Waals surface area contributed by atoms with Gasteiger partial charge in [0.05, 0.1) is 67.6 Å². The number of methoxy groups -OCH3 is 3. The second-order valence-electron chi connectivity index (χ2n) is 21.3. The second kappa shape index (κ2) is 20.2. The van der Waals surface area contributed by atoms with Gasteiger partial charge in [-0.15, -0.1) is 0 Å². The lowest BCUT2D eigenvalue weighted by atomic mass is 9.84. The third kappa shape index (κ3) is 9.66. The van der Waals surface area contributed by atoms with Crippen molar-refractivity contribution in [3.8, 4) is 22.3 Å². The molecule has 13 rings (SSSR count). The first-order chi connectivity index (χ1) is 35.5. The number of benzene rings is 4. The first-order valence-electron chi connectivity index (χ1n) is 25.9. The van der Waals surface area contributed by atoms with Gasteiger partial charge in [-0.3, -0.25) is 14.4 Å². The number of hydrogen-bond donors (Lipinski definition) is 4. The van der Waals surface area contributed by atoms with E-state index in [9.17, 15) is 19.2 Å². The van der Waals surface area contributed by atoms with Crippen LogP contribution in [-0.2, 0) is 57.3 Å². The Kier molecular flexibility index (Phi) is 13.9. The Morgan fingerprint density at radius 3 is 1.84 bits per heavy atom. The molecule has 17 nitrogen and oxygen atoms in total. The van der Waals surface area contributed by atoms with Crippen LogP contribution in [0.1, 0.15) is 106 Å². The molecule has 7 aliphatic rings. The predicted molar refractivity (Wildman–Crippen MR) is 279 cm³/mol. The summed E-state index contributed by atoms with van der Waals surface area (Å²) in [7, 11) is 4.42. The zero-order chi connectivity index (χ0) is 52.2. The van der Waals surface area contributed by atoms with Crippen molar-refractivity contribution in [3.63, 3.8) is 0 Å². The highest BCUT2D eigenvalue weighted by molar-refractivity contribution is 5.89. The number of alkyl carbamates (subject to hydrolysis) is 1. The molecule has 4 bridgehead atoms. The molecule has 4 amide bonds. The van der Waals surface area contributed by atoms with Crippen LogP contribution in [0.25, 0.3) is 44.3 Å². The molecular weight excluding hydrogens is 941 g/mol. The number of aromatic nitrogens is 4. The van der Waals surface area contributed by atoms with Crippen LogP contribution >= 0.6 is 0 Å². The lowest BCUT2D eigenvalue weighted by molar-refractivity contribution is -0.197. The Balaban J connectivity index is 0.922. The molecule has 4 N–H and O–H groups in total. The van der Waals surface area contributed by atoms with Crippen LogP contribution in [-0.4, -0.2) is 125 Å². The van der Waals surface area contributed by atoms with Crippen molar-refractivity contribution >= 4 is 45.9 Å². The topological polar surface area (TPSA) is 202 Å². The minimum absolute atomic E-state index is 0.127.